The predicted molar refractivity (Wildman–Crippen MR) is 109 cm³/mol. The maximum atomic E-state index is 12.4. The summed E-state index contributed by atoms with van der Waals surface area (Å²) >= 11 is 0. The molecule has 0 spiro atoms. The molecule has 0 fully saturated rings. The fourth-order valence-corrected chi connectivity index (χ4v) is 3.32. The number of amides is 1. The van der Waals surface area contributed by atoms with Gasteiger partial charge in [-0.15, -0.1) is 0 Å². The second kappa shape index (κ2) is 8.93. The van der Waals surface area contributed by atoms with Crippen LogP contribution in [0.25, 0.3) is 0 Å². The molecule has 1 N–H and O–H groups in total. The molecule has 0 bridgehead atoms. The van der Waals surface area contributed by atoms with E-state index in [9.17, 15) is 4.79 Å². The van der Waals surface area contributed by atoms with Crippen LogP contribution in [0, 0.1) is 0 Å². The van der Waals surface area contributed by atoms with Crippen LogP contribution in [0.2, 0.25) is 0 Å². The molecule has 1 aliphatic heterocycles. The van der Waals surface area contributed by atoms with Crippen LogP contribution < -0.4 is 19.7 Å². The third kappa shape index (κ3) is 4.54. The van der Waals surface area contributed by atoms with Gasteiger partial charge in [0, 0.05) is 32.4 Å². The minimum absolute atomic E-state index is 0.0972. The topological polar surface area (TPSA) is 66.9 Å². The van der Waals surface area contributed by atoms with E-state index in [4.69, 9.17) is 9.47 Å². The van der Waals surface area contributed by atoms with Crippen molar-refractivity contribution in [3.63, 3.8) is 0 Å². The summed E-state index contributed by atoms with van der Waals surface area (Å²) in [4.78, 5) is 20.9. The molecule has 7 heteroatoms. The van der Waals surface area contributed by atoms with Gasteiger partial charge < -0.3 is 24.6 Å². The highest BCUT2D eigenvalue weighted by atomic mass is 16.5. The second-order valence-corrected chi connectivity index (χ2v) is 7.14. The van der Waals surface area contributed by atoms with Crippen LogP contribution in [0.5, 0.6) is 11.5 Å². The Kier molecular flexibility index (Phi) is 6.36. The first-order valence-corrected chi connectivity index (χ1v) is 9.38. The monoisotopic (exact) mass is 384 g/mol. The normalized spacial score (nSPS) is 13.2. The van der Waals surface area contributed by atoms with E-state index in [1.807, 2.05) is 37.3 Å². The summed E-state index contributed by atoms with van der Waals surface area (Å²) in [6.07, 6.45) is 4.32. The quantitative estimate of drug-likeness (QED) is 0.787. The lowest BCUT2D eigenvalue weighted by Crippen LogP contribution is -2.32. The Balaban J connectivity index is 1.74. The molecule has 7 nitrogen and oxygen atoms in total. The van der Waals surface area contributed by atoms with E-state index in [1.54, 1.807) is 20.4 Å². The molecule has 2 aromatic rings. The van der Waals surface area contributed by atoms with Crippen molar-refractivity contribution in [2.75, 3.05) is 52.8 Å². The maximum absolute atomic E-state index is 12.4. The lowest BCUT2D eigenvalue weighted by Gasteiger charge is -2.31. The number of aromatic nitrogens is 1. The molecule has 1 aromatic heterocycles. The molecule has 0 atom stereocenters. The van der Waals surface area contributed by atoms with E-state index in [0.717, 1.165) is 43.2 Å². The van der Waals surface area contributed by atoms with E-state index in [0.29, 0.717) is 12.1 Å². The highest BCUT2D eigenvalue weighted by Crippen LogP contribution is 2.34. The number of pyridine rings is 1. The summed E-state index contributed by atoms with van der Waals surface area (Å²) in [7, 11) is 7.26. The lowest BCUT2D eigenvalue weighted by atomic mass is 9.98. The molecule has 0 aliphatic carbocycles. The molecule has 0 radical (unpaired) electrons. The van der Waals surface area contributed by atoms with E-state index in [2.05, 4.69) is 21.3 Å². The number of nitrogens with zero attached hydrogens (tertiary/aromatic N) is 3. The van der Waals surface area contributed by atoms with Crippen LogP contribution in [-0.4, -0.2) is 63.7 Å². The highest BCUT2D eigenvalue weighted by molar-refractivity contribution is 5.94. The van der Waals surface area contributed by atoms with E-state index in [1.165, 1.54) is 11.1 Å². The van der Waals surface area contributed by atoms with Gasteiger partial charge in [-0.05, 0) is 49.8 Å². The molecule has 0 unspecified atom stereocenters. The Hall–Kier alpha value is -2.80. The van der Waals surface area contributed by atoms with Crippen LogP contribution >= 0.6 is 0 Å². The summed E-state index contributed by atoms with van der Waals surface area (Å²) < 4.78 is 10.8. The van der Waals surface area contributed by atoms with Gasteiger partial charge in [-0.25, -0.2) is 0 Å². The SMILES string of the molecule is COc1cc2c(cc1OC)CN(c1cncc(C(=O)NCCN(C)C)c1)CC2. The van der Waals surface area contributed by atoms with Crippen molar-refractivity contribution in [2.45, 2.75) is 13.0 Å². The van der Waals surface area contributed by atoms with Crippen LogP contribution in [-0.2, 0) is 13.0 Å². The first-order valence-electron chi connectivity index (χ1n) is 9.38. The summed E-state index contributed by atoms with van der Waals surface area (Å²) in [6, 6.07) is 5.99. The van der Waals surface area contributed by atoms with Crippen molar-refractivity contribution < 1.29 is 14.3 Å². The zero-order valence-corrected chi connectivity index (χ0v) is 17.0. The van der Waals surface area contributed by atoms with E-state index >= 15 is 0 Å². The number of likely N-dealkylation sites (N-methyl/N-ethyl adjacent to an activating group) is 1. The Morgan fingerprint density at radius 1 is 1.14 bits per heavy atom. The van der Waals surface area contributed by atoms with Crippen LogP contribution in [0.4, 0.5) is 5.69 Å². The van der Waals surface area contributed by atoms with Crippen molar-refractivity contribution in [1.29, 1.82) is 0 Å². The zero-order chi connectivity index (χ0) is 20.1. The van der Waals surface area contributed by atoms with E-state index in [-0.39, 0.29) is 5.91 Å². The smallest absolute Gasteiger partial charge is 0.252 e. The van der Waals surface area contributed by atoms with Gasteiger partial charge in [0.25, 0.3) is 5.91 Å². The van der Waals surface area contributed by atoms with Crippen LogP contribution in [0.15, 0.2) is 30.6 Å². The average molecular weight is 384 g/mol. The molecule has 0 saturated carbocycles. The number of anilines is 1. The molecular formula is C21H28N4O3. The van der Waals surface area contributed by atoms with Gasteiger partial charge in [0.15, 0.2) is 11.5 Å². The Bertz CT molecular complexity index is 838. The second-order valence-electron chi connectivity index (χ2n) is 7.14. The third-order valence-electron chi connectivity index (χ3n) is 4.91. The van der Waals surface area contributed by atoms with Gasteiger partial charge in [0.05, 0.1) is 31.7 Å². The average Bonchev–Trinajstić information content (AvgIpc) is 2.72. The molecule has 3 rings (SSSR count). The van der Waals surface area contributed by atoms with Crippen molar-refractivity contribution in [3.8, 4) is 11.5 Å². The summed E-state index contributed by atoms with van der Waals surface area (Å²) in [5.74, 6) is 1.39. The number of benzene rings is 1. The van der Waals surface area contributed by atoms with Gasteiger partial charge in [-0.1, -0.05) is 0 Å². The maximum Gasteiger partial charge on any atom is 0.252 e. The summed E-state index contributed by atoms with van der Waals surface area (Å²) in [5.41, 5.74) is 3.99. The highest BCUT2D eigenvalue weighted by Gasteiger charge is 2.20. The lowest BCUT2D eigenvalue weighted by molar-refractivity contribution is 0.0950. The third-order valence-corrected chi connectivity index (χ3v) is 4.91. The number of fused-ring (bicyclic) bond motifs is 1. The molecule has 28 heavy (non-hydrogen) atoms. The number of carbonyl (C=O) groups excluding carboxylic acids is 1. The number of nitrogens with one attached hydrogen (secondary N) is 1. The van der Waals surface area contributed by atoms with Gasteiger partial charge in [-0.3, -0.25) is 9.78 Å². The van der Waals surface area contributed by atoms with Crippen molar-refractivity contribution in [1.82, 2.24) is 15.2 Å². The number of ether oxygens (including phenoxy) is 2. The van der Waals surface area contributed by atoms with E-state index < -0.39 is 0 Å². The van der Waals surface area contributed by atoms with Crippen LogP contribution in [0.3, 0.4) is 0 Å². The molecule has 1 amide bonds. The van der Waals surface area contributed by atoms with Crippen molar-refractivity contribution >= 4 is 11.6 Å². The van der Waals surface area contributed by atoms with Crippen molar-refractivity contribution in [2.24, 2.45) is 0 Å². The summed E-state index contributed by atoms with van der Waals surface area (Å²) in [5, 5.41) is 2.93. The van der Waals surface area contributed by atoms with Gasteiger partial charge in [-0.2, -0.15) is 0 Å². The Labute approximate surface area is 166 Å². The number of rotatable bonds is 7. The first-order chi connectivity index (χ1) is 13.5. The largest absolute Gasteiger partial charge is 0.493 e. The molecule has 150 valence electrons. The molecule has 1 aromatic carbocycles. The fraction of sp³-hybridized carbons (Fsp3) is 0.429. The minimum atomic E-state index is -0.0972. The fourth-order valence-electron chi connectivity index (χ4n) is 3.32. The predicted octanol–water partition coefficient (Wildman–Crippen LogP) is 1.95. The molecule has 2 heterocycles. The van der Waals surface area contributed by atoms with Gasteiger partial charge in [0.1, 0.15) is 0 Å². The zero-order valence-electron chi connectivity index (χ0n) is 17.0. The minimum Gasteiger partial charge on any atom is -0.493 e. The molecular weight excluding hydrogens is 356 g/mol. The number of hydrogen-bond acceptors (Lipinski definition) is 6. The molecule has 0 saturated heterocycles. The summed E-state index contributed by atoms with van der Waals surface area (Å²) in [6.45, 7) is 3.00. The molecule has 1 aliphatic rings. The standard InChI is InChI=1S/C21H28N4O3/c1-24(2)8-6-23-21(26)16-9-18(13-22-12-16)25-7-5-15-10-19(27-3)20(28-4)11-17(15)14-25/h9-13H,5-8,14H2,1-4H3,(H,23,26). The Morgan fingerprint density at radius 2 is 1.86 bits per heavy atom. The first kappa shape index (κ1) is 19.9. The number of hydrogen-bond donors (Lipinski definition) is 1. The van der Waals surface area contributed by atoms with Gasteiger partial charge in [0.2, 0.25) is 0 Å². The number of carbonyl (C=O) groups is 1. The van der Waals surface area contributed by atoms with Crippen LogP contribution in [0.1, 0.15) is 21.5 Å². The van der Waals surface area contributed by atoms with Crippen molar-refractivity contribution in [3.05, 3.63) is 47.3 Å². The van der Waals surface area contributed by atoms with Gasteiger partial charge >= 0.3 is 0 Å². The number of methoxy groups -OCH3 is 2. The Morgan fingerprint density at radius 3 is 2.54 bits per heavy atom.